The van der Waals surface area contributed by atoms with E-state index in [1.807, 2.05) is 79.9 Å². The van der Waals surface area contributed by atoms with Gasteiger partial charge >= 0.3 is 0 Å². The molecule has 0 spiro atoms. The minimum Gasteiger partial charge on any atom is -0.436 e. The molecule has 0 saturated carbocycles. The number of hydrogen-bond donors (Lipinski definition) is 1. The summed E-state index contributed by atoms with van der Waals surface area (Å²) in [6.07, 6.45) is 1.83. The summed E-state index contributed by atoms with van der Waals surface area (Å²) in [6.45, 7) is 1.83. The van der Waals surface area contributed by atoms with Gasteiger partial charge in [-0.2, -0.15) is 0 Å². The van der Waals surface area contributed by atoms with Crippen LogP contribution >= 0.6 is 0 Å². The van der Waals surface area contributed by atoms with Gasteiger partial charge in [-0.25, -0.2) is 9.97 Å². The van der Waals surface area contributed by atoms with Crippen LogP contribution in [0.4, 0.5) is 5.69 Å². The molecular weight excluding hydrogens is 352 g/mol. The van der Waals surface area contributed by atoms with E-state index in [-0.39, 0.29) is 5.91 Å². The van der Waals surface area contributed by atoms with Crippen LogP contribution in [-0.4, -0.2) is 20.3 Å². The second kappa shape index (κ2) is 6.35. The van der Waals surface area contributed by atoms with Crippen molar-refractivity contribution in [2.24, 2.45) is 0 Å². The van der Waals surface area contributed by atoms with Gasteiger partial charge in [-0.3, -0.25) is 9.20 Å². The monoisotopic (exact) mass is 368 g/mol. The van der Waals surface area contributed by atoms with Gasteiger partial charge in [-0.05, 0) is 49.4 Å². The van der Waals surface area contributed by atoms with Crippen LogP contribution in [0.2, 0.25) is 0 Å². The zero-order chi connectivity index (χ0) is 19.1. The Bertz CT molecular complexity index is 1300. The molecule has 3 heterocycles. The van der Waals surface area contributed by atoms with E-state index < -0.39 is 0 Å². The summed E-state index contributed by atoms with van der Waals surface area (Å²) in [4.78, 5) is 21.8. The lowest BCUT2D eigenvalue weighted by atomic mass is 10.2. The van der Waals surface area contributed by atoms with Gasteiger partial charge in [0.25, 0.3) is 5.91 Å². The van der Waals surface area contributed by atoms with Gasteiger partial charge < -0.3 is 9.73 Å². The SMILES string of the molecule is Cc1nc2ccccn2c1C(=O)Nc1cccc(-c2nc3ccccc3o2)c1. The number of oxazole rings is 1. The fourth-order valence-electron chi connectivity index (χ4n) is 3.30. The first-order chi connectivity index (χ1) is 13.7. The first-order valence-electron chi connectivity index (χ1n) is 8.90. The number of para-hydroxylation sites is 2. The van der Waals surface area contributed by atoms with Crippen molar-refractivity contribution >= 4 is 28.3 Å². The molecule has 136 valence electrons. The molecule has 0 unspecified atom stereocenters. The van der Waals surface area contributed by atoms with Gasteiger partial charge in [0.1, 0.15) is 16.9 Å². The average molecular weight is 368 g/mol. The lowest BCUT2D eigenvalue weighted by Crippen LogP contribution is -2.15. The Hall–Kier alpha value is -3.93. The minimum atomic E-state index is -0.217. The Labute approximate surface area is 160 Å². The van der Waals surface area contributed by atoms with Crippen LogP contribution in [0, 0.1) is 6.92 Å². The normalized spacial score (nSPS) is 11.2. The Kier molecular flexibility index (Phi) is 3.69. The number of anilines is 1. The summed E-state index contributed by atoms with van der Waals surface area (Å²) in [7, 11) is 0. The number of aryl methyl sites for hydroxylation is 1. The van der Waals surface area contributed by atoms with E-state index >= 15 is 0 Å². The second-order valence-electron chi connectivity index (χ2n) is 6.50. The van der Waals surface area contributed by atoms with Crippen LogP contribution in [0.15, 0.2) is 77.3 Å². The Morgan fingerprint density at radius 1 is 1.00 bits per heavy atom. The third-order valence-corrected chi connectivity index (χ3v) is 4.58. The molecule has 5 rings (SSSR count). The highest BCUT2D eigenvalue weighted by Gasteiger charge is 2.17. The Morgan fingerprint density at radius 2 is 1.86 bits per heavy atom. The number of rotatable bonds is 3. The second-order valence-corrected chi connectivity index (χ2v) is 6.50. The quantitative estimate of drug-likeness (QED) is 0.501. The summed E-state index contributed by atoms with van der Waals surface area (Å²) >= 11 is 0. The molecule has 0 radical (unpaired) electrons. The molecule has 6 heteroatoms. The number of amides is 1. The van der Waals surface area contributed by atoms with Crippen molar-refractivity contribution in [1.82, 2.24) is 14.4 Å². The maximum absolute atomic E-state index is 12.9. The van der Waals surface area contributed by atoms with E-state index in [1.165, 1.54) is 0 Å². The number of benzene rings is 2. The Balaban J connectivity index is 1.48. The highest BCUT2D eigenvalue weighted by molar-refractivity contribution is 6.04. The minimum absolute atomic E-state index is 0.217. The molecule has 0 bridgehead atoms. The van der Waals surface area contributed by atoms with Crippen molar-refractivity contribution in [3.05, 3.63) is 84.3 Å². The van der Waals surface area contributed by atoms with Crippen molar-refractivity contribution < 1.29 is 9.21 Å². The number of pyridine rings is 1. The third-order valence-electron chi connectivity index (χ3n) is 4.58. The van der Waals surface area contributed by atoms with Crippen molar-refractivity contribution in [1.29, 1.82) is 0 Å². The maximum atomic E-state index is 12.9. The zero-order valence-corrected chi connectivity index (χ0v) is 15.1. The van der Waals surface area contributed by atoms with Crippen molar-refractivity contribution in [3.63, 3.8) is 0 Å². The van der Waals surface area contributed by atoms with E-state index in [2.05, 4.69) is 15.3 Å². The number of hydrogen-bond acceptors (Lipinski definition) is 4. The fourth-order valence-corrected chi connectivity index (χ4v) is 3.30. The summed E-state index contributed by atoms with van der Waals surface area (Å²) in [5, 5.41) is 2.95. The summed E-state index contributed by atoms with van der Waals surface area (Å²) in [6, 6.07) is 20.7. The summed E-state index contributed by atoms with van der Waals surface area (Å²) in [5.41, 5.74) is 4.92. The predicted molar refractivity (Wildman–Crippen MR) is 107 cm³/mol. The lowest BCUT2D eigenvalue weighted by molar-refractivity contribution is 0.102. The van der Waals surface area contributed by atoms with E-state index in [4.69, 9.17) is 4.42 Å². The molecule has 1 N–H and O–H groups in total. The molecule has 0 aliphatic carbocycles. The maximum Gasteiger partial charge on any atom is 0.274 e. The molecule has 2 aromatic carbocycles. The number of aromatic nitrogens is 3. The topological polar surface area (TPSA) is 72.4 Å². The van der Waals surface area contributed by atoms with Crippen molar-refractivity contribution in [2.45, 2.75) is 6.92 Å². The number of carbonyl (C=O) groups is 1. The number of nitrogens with zero attached hydrogens (tertiary/aromatic N) is 3. The average Bonchev–Trinajstić information content (AvgIpc) is 3.28. The molecule has 0 aliphatic rings. The molecule has 3 aromatic heterocycles. The van der Waals surface area contributed by atoms with Crippen molar-refractivity contribution in [3.8, 4) is 11.5 Å². The van der Waals surface area contributed by atoms with E-state index in [9.17, 15) is 4.79 Å². The highest BCUT2D eigenvalue weighted by atomic mass is 16.3. The standard InChI is InChI=1S/C22H16N4O2/c1-14-20(26-12-5-4-11-19(26)23-14)21(27)24-16-8-6-7-15(13-16)22-25-17-9-2-3-10-18(17)28-22/h2-13H,1H3,(H,24,27). The molecular formula is C22H16N4O2. The van der Waals surface area contributed by atoms with Gasteiger partial charge in [0, 0.05) is 17.4 Å². The van der Waals surface area contributed by atoms with Gasteiger partial charge in [-0.1, -0.05) is 24.3 Å². The summed E-state index contributed by atoms with van der Waals surface area (Å²) in [5.74, 6) is 0.300. The largest absolute Gasteiger partial charge is 0.436 e. The number of imidazole rings is 1. The zero-order valence-electron chi connectivity index (χ0n) is 15.1. The van der Waals surface area contributed by atoms with E-state index in [1.54, 1.807) is 4.40 Å². The fraction of sp³-hybridized carbons (Fsp3) is 0.0455. The van der Waals surface area contributed by atoms with Crippen LogP contribution in [-0.2, 0) is 0 Å². The lowest BCUT2D eigenvalue weighted by Gasteiger charge is -2.07. The van der Waals surface area contributed by atoms with E-state index in [0.717, 1.165) is 22.3 Å². The third kappa shape index (κ3) is 2.72. The molecule has 5 aromatic rings. The van der Waals surface area contributed by atoms with Crippen LogP contribution in [0.1, 0.15) is 16.2 Å². The predicted octanol–water partition coefficient (Wildman–Crippen LogP) is 4.70. The van der Waals surface area contributed by atoms with Crippen LogP contribution in [0.25, 0.3) is 28.2 Å². The number of carbonyl (C=O) groups excluding carboxylic acids is 1. The molecule has 0 aliphatic heterocycles. The molecule has 1 amide bonds. The smallest absolute Gasteiger partial charge is 0.274 e. The first kappa shape index (κ1) is 16.3. The van der Waals surface area contributed by atoms with Gasteiger partial charge in [0.15, 0.2) is 5.58 Å². The Morgan fingerprint density at radius 3 is 2.75 bits per heavy atom. The van der Waals surface area contributed by atoms with Crippen LogP contribution in [0.3, 0.4) is 0 Å². The van der Waals surface area contributed by atoms with Crippen molar-refractivity contribution in [2.75, 3.05) is 5.32 Å². The summed E-state index contributed by atoms with van der Waals surface area (Å²) < 4.78 is 7.61. The molecule has 28 heavy (non-hydrogen) atoms. The van der Waals surface area contributed by atoms with Gasteiger partial charge in [-0.15, -0.1) is 0 Å². The molecule has 6 nitrogen and oxygen atoms in total. The molecule has 0 fully saturated rings. The van der Waals surface area contributed by atoms with Gasteiger partial charge in [0.05, 0.1) is 5.69 Å². The van der Waals surface area contributed by atoms with E-state index in [0.29, 0.717) is 23.0 Å². The number of fused-ring (bicyclic) bond motifs is 2. The van der Waals surface area contributed by atoms with Gasteiger partial charge in [0.2, 0.25) is 5.89 Å². The number of nitrogens with one attached hydrogen (secondary N) is 1. The first-order valence-corrected chi connectivity index (χ1v) is 8.90. The van der Waals surface area contributed by atoms with Crippen LogP contribution in [0.5, 0.6) is 0 Å². The molecule has 0 saturated heterocycles. The van der Waals surface area contributed by atoms with Crippen LogP contribution < -0.4 is 5.32 Å². The molecule has 0 atom stereocenters. The highest BCUT2D eigenvalue weighted by Crippen LogP contribution is 2.26.